The lowest BCUT2D eigenvalue weighted by molar-refractivity contribution is -0.118. The Morgan fingerprint density at radius 3 is 2.10 bits per heavy atom. The molecular formula is C20H15Cl2IN2O4S. The molecular weight excluding hydrogens is 562 g/mol. The van der Waals surface area contributed by atoms with E-state index in [2.05, 4.69) is 32.6 Å². The van der Waals surface area contributed by atoms with Crippen molar-refractivity contribution in [2.75, 3.05) is 16.6 Å². The molecule has 0 fully saturated rings. The van der Waals surface area contributed by atoms with Crippen molar-refractivity contribution in [1.29, 1.82) is 0 Å². The second kappa shape index (κ2) is 9.86. The van der Waals surface area contributed by atoms with E-state index in [0.717, 1.165) is 3.57 Å². The predicted octanol–water partition coefficient (Wildman–Crippen LogP) is 5.42. The van der Waals surface area contributed by atoms with Crippen LogP contribution < -0.4 is 14.8 Å². The van der Waals surface area contributed by atoms with Crippen molar-refractivity contribution in [2.45, 2.75) is 4.90 Å². The van der Waals surface area contributed by atoms with Crippen LogP contribution in [0.15, 0.2) is 71.6 Å². The fourth-order valence-electron chi connectivity index (χ4n) is 2.42. The zero-order valence-electron chi connectivity index (χ0n) is 15.2. The molecule has 0 aliphatic carbocycles. The van der Waals surface area contributed by atoms with Crippen LogP contribution in [0.5, 0.6) is 5.75 Å². The molecule has 0 aromatic heterocycles. The summed E-state index contributed by atoms with van der Waals surface area (Å²) in [7, 11) is -3.84. The Labute approximate surface area is 197 Å². The highest BCUT2D eigenvalue weighted by Crippen LogP contribution is 2.25. The van der Waals surface area contributed by atoms with Crippen LogP contribution in [-0.4, -0.2) is 20.9 Å². The lowest BCUT2D eigenvalue weighted by Crippen LogP contribution is -2.20. The third kappa shape index (κ3) is 6.49. The highest BCUT2D eigenvalue weighted by molar-refractivity contribution is 14.1. The van der Waals surface area contributed by atoms with Crippen LogP contribution >= 0.6 is 45.8 Å². The van der Waals surface area contributed by atoms with Gasteiger partial charge < -0.3 is 10.1 Å². The Kier molecular flexibility index (Phi) is 7.45. The Bertz CT molecular complexity index is 1130. The van der Waals surface area contributed by atoms with Crippen LogP contribution in [-0.2, 0) is 14.8 Å². The van der Waals surface area contributed by atoms with E-state index in [1.165, 1.54) is 42.5 Å². The van der Waals surface area contributed by atoms with E-state index in [9.17, 15) is 13.2 Å². The van der Waals surface area contributed by atoms with Gasteiger partial charge in [-0.05, 0) is 89.3 Å². The van der Waals surface area contributed by atoms with Crippen LogP contribution in [0.1, 0.15) is 0 Å². The molecule has 6 nitrogen and oxygen atoms in total. The molecule has 0 saturated heterocycles. The number of amides is 1. The van der Waals surface area contributed by atoms with Crippen molar-refractivity contribution in [3.63, 3.8) is 0 Å². The number of benzene rings is 3. The third-order valence-corrected chi connectivity index (χ3v) is 6.30. The Morgan fingerprint density at radius 1 is 0.900 bits per heavy atom. The molecule has 0 atom stereocenters. The molecule has 0 unspecified atom stereocenters. The summed E-state index contributed by atoms with van der Waals surface area (Å²) in [5.74, 6) is 0.0323. The number of hydrogen-bond donors (Lipinski definition) is 2. The van der Waals surface area contributed by atoms with Gasteiger partial charge in [-0.1, -0.05) is 23.2 Å². The number of halogens is 3. The molecule has 156 valence electrons. The van der Waals surface area contributed by atoms with Gasteiger partial charge in [0.15, 0.2) is 6.61 Å². The van der Waals surface area contributed by atoms with Gasteiger partial charge in [-0.15, -0.1) is 0 Å². The lowest BCUT2D eigenvalue weighted by Gasteiger charge is -2.10. The van der Waals surface area contributed by atoms with Gasteiger partial charge in [-0.25, -0.2) is 8.42 Å². The van der Waals surface area contributed by atoms with Gasteiger partial charge in [0.2, 0.25) is 0 Å². The first kappa shape index (κ1) is 22.7. The fourth-order valence-corrected chi connectivity index (χ4v) is 4.35. The van der Waals surface area contributed by atoms with Gasteiger partial charge in [-0.3, -0.25) is 9.52 Å². The first-order chi connectivity index (χ1) is 14.2. The number of sulfonamides is 1. The van der Waals surface area contributed by atoms with Crippen molar-refractivity contribution in [3.05, 3.63) is 80.3 Å². The van der Waals surface area contributed by atoms with Crippen LogP contribution in [0.4, 0.5) is 11.4 Å². The van der Waals surface area contributed by atoms with E-state index < -0.39 is 10.0 Å². The van der Waals surface area contributed by atoms with Crippen molar-refractivity contribution in [1.82, 2.24) is 0 Å². The van der Waals surface area contributed by atoms with E-state index in [1.807, 2.05) is 12.1 Å². The number of hydrogen-bond acceptors (Lipinski definition) is 4. The smallest absolute Gasteiger partial charge is 0.262 e. The normalized spacial score (nSPS) is 11.0. The predicted molar refractivity (Wildman–Crippen MR) is 127 cm³/mol. The third-order valence-electron chi connectivity index (χ3n) is 3.75. The fraction of sp³-hybridized carbons (Fsp3) is 0.0500. The maximum absolute atomic E-state index is 12.5. The number of carbonyl (C=O) groups is 1. The van der Waals surface area contributed by atoms with Crippen LogP contribution in [0.3, 0.4) is 0 Å². The van der Waals surface area contributed by atoms with Crippen LogP contribution in [0, 0.1) is 3.57 Å². The summed E-state index contributed by atoms with van der Waals surface area (Å²) in [5, 5.41) is 3.34. The molecule has 0 aliphatic rings. The SMILES string of the molecule is O=C(COc1ccc(S(=O)(=O)Nc2cc(Cl)cc(Cl)c2)cc1)Nc1ccc(I)cc1. The van der Waals surface area contributed by atoms with E-state index in [1.54, 1.807) is 12.1 Å². The molecule has 3 rings (SSSR count). The number of ether oxygens (including phenoxy) is 1. The molecule has 3 aromatic rings. The quantitative estimate of drug-likeness (QED) is 0.368. The molecule has 0 radical (unpaired) electrons. The van der Waals surface area contributed by atoms with Crippen molar-refractivity contribution in [2.24, 2.45) is 0 Å². The molecule has 0 bridgehead atoms. The molecule has 0 saturated carbocycles. The van der Waals surface area contributed by atoms with Crippen molar-refractivity contribution in [3.8, 4) is 5.75 Å². The molecule has 3 aromatic carbocycles. The van der Waals surface area contributed by atoms with Crippen LogP contribution in [0.2, 0.25) is 10.0 Å². The molecule has 0 spiro atoms. The highest BCUT2D eigenvalue weighted by Gasteiger charge is 2.15. The van der Waals surface area contributed by atoms with E-state index in [0.29, 0.717) is 21.5 Å². The average molecular weight is 577 g/mol. The Balaban J connectivity index is 1.59. The second-order valence-electron chi connectivity index (χ2n) is 6.08. The highest BCUT2D eigenvalue weighted by atomic mass is 127. The average Bonchev–Trinajstić information content (AvgIpc) is 2.67. The lowest BCUT2D eigenvalue weighted by atomic mass is 10.3. The Hall–Kier alpha value is -2.01. The second-order valence-corrected chi connectivity index (χ2v) is 9.88. The maximum atomic E-state index is 12.5. The Morgan fingerprint density at radius 2 is 1.50 bits per heavy atom. The van der Waals surface area contributed by atoms with E-state index in [-0.39, 0.29) is 23.1 Å². The molecule has 10 heteroatoms. The first-order valence-electron chi connectivity index (χ1n) is 8.48. The van der Waals surface area contributed by atoms with Gasteiger partial charge in [0.05, 0.1) is 10.6 Å². The van der Waals surface area contributed by atoms with E-state index >= 15 is 0 Å². The van der Waals surface area contributed by atoms with E-state index in [4.69, 9.17) is 27.9 Å². The summed E-state index contributed by atoms with van der Waals surface area (Å²) in [6, 6.07) is 17.4. The molecule has 30 heavy (non-hydrogen) atoms. The van der Waals surface area contributed by atoms with Crippen molar-refractivity contribution < 1.29 is 17.9 Å². The van der Waals surface area contributed by atoms with Gasteiger partial charge in [0.25, 0.3) is 15.9 Å². The minimum atomic E-state index is -3.84. The summed E-state index contributed by atoms with van der Waals surface area (Å²) >= 11 is 14.0. The number of anilines is 2. The summed E-state index contributed by atoms with van der Waals surface area (Å²) in [6.07, 6.45) is 0. The van der Waals surface area contributed by atoms with Gasteiger partial charge in [-0.2, -0.15) is 0 Å². The van der Waals surface area contributed by atoms with Gasteiger partial charge >= 0.3 is 0 Å². The molecule has 1 amide bonds. The van der Waals surface area contributed by atoms with Gasteiger partial charge in [0.1, 0.15) is 5.75 Å². The molecule has 2 N–H and O–H groups in total. The summed E-state index contributed by atoms with van der Waals surface area (Å²) in [5.41, 5.74) is 0.915. The zero-order valence-corrected chi connectivity index (χ0v) is 19.7. The standard InChI is InChI=1S/C20H15Cl2IN2O4S/c21-13-9-14(22)11-17(10-13)25-30(27,28)19-7-5-18(6-8-19)29-12-20(26)24-16-3-1-15(23)2-4-16/h1-11,25H,12H2,(H,24,26). The number of nitrogens with one attached hydrogen (secondary N) is 2. The number of carbonyl (C=O) groups excluding carboxylic acids is 1. The number of rotatable bonds is 7. The summed E-state index contributed by atoms with van der Waals surface area (Å²) < 4.78 is 33.9. The summed E-state index contributed by atoms with van der Waals surface area (Å²) in [6.45, 7) is -0.211. The largest absolute Gasteiger partial charge is 0.484 e. The van der Waals surface area contributed by atoms with Crippen molar-refractivity contribution >= 4 is 73.1 Å². The molecule has 0 aliphatic heterocycles. The van der Waals surface area contributed by atoms with Gasteiger partial charge in [0, 0.05) is 19.3 Å². The topological polar surface area (TPSA) is 84.5 Å². The van der Waals surface area contributed by atoms with Crippen LogP contribution in [0.25, 0.3) is 0 Å². The molecule has 0 heterocycles. The zero-order chi connectivity index (χ0) is 21.7. The first-order valence-corrected chi connectivity index (χ1v) is 11.8. The minimum Gasteiger partial charge on any atom is -0.484 e. The summed E-state index contributed by atoms with van der Waals surface area (Å²) in [4.78, 5) is 12.0. The minimum absolute atomic E-state index is 0.0225. The monoisotopic (exact) mass is 576 g/mol. The maximum Gasteiger partial charge on any atom is 0.262 e.